The van der Waals surface area contributed by atoms with Crippen molar-refractivity contribution >= 4 is 11.9 Å². The maximum absolute atomic E-state index is 12.3. The van der Waals surface area contributed by atoms with Gasteiger partial charge in [-0.15, -0.1) is 0 Å². The zero-order chi connectivity index (χ0) is 19.8. The minimum absolute atomic E-state index is 0.0230. The Labute approximate surface area is 166 Å². The molecule has 0 bridgehead atoms. The number of nitrogens with zero attached hydrogens (tertiary/aromatic N) is 1. The Hall–Kier alpha value is -2.76. The highest BCUT2D eigenvalue weighted by molar-refractivity contribution is 5.84. The van der Waals surface area contributed by atoms with E-state index in [1.54, 1.807) is 18.4 Å². The van der Waals surface area contributed by atoms with Gasteiger partial charge in [0.2, 0.25) is 5.91 Å². The van der Waals surface area contributed by atoms with Crippen molar-refractivity contribution in [2.45, 2.75) is 39.2 Å². The zero-order valence-electron chi connectivity index (χ0n) is 16.4. The minimum atomic E-state index is -0.363. The molecule has 0 spiro atoms. The van der Waals surface area contributed by atoms with Crippen LogP contribution in [0.1, 0.15) is 36.1 Å². The van der Waals surface area contributed by atoms with Crippen molar-refractivity contribution < 1.29 is 14.0 Å². The van der Waals surface area contributed by atoms with Gasteiger partial charge in [0, 0.05) is 13.1 Å². The average molecular weight is 383 g/mol. The van der Waals surface area contributed by atoms with E-state index in [0.717, 1.165) is 32.4 Å². The Balaban J connectivity index is 1.31. The van der Waals surface area contributed by atoms with Gasteiger partial charge in [-0.25, -0.2) is 4.79 Å². The maximum Gasteiger partial charge on any atom is 0.315 e. The minimum Gasteiger partial charge on any atom is -0.467 e. The fourth-order valence-electron chi connectivity index (χ4n) is 3.51. The summed E-state index contributed by atoms with van der Waals surface area (Å²) < 4.78 is 5.15. The molecule has 2 aromatic rings. The van der Waals surface area contributed by atoms with Crippen LogP contribution in [-0.4, -0.2) is 36.5 Å². The fraction of sp³-hybridized carbons (Fsp3) is 0.455. The normalized spacial score (nSPS) is 14.7. The van der Waals surface area contributed by atoms with Crippen LogP contribution in [0, 0.1) is 12.8 Å². The molecule has 1 aliphatic heterocycles. The Morgan fingerprint density at radius 1 is 1.11 bits per heavy atom. The maximum atomic E-state index is 12.3. The van der Waals surface area contributed by atoms with Crippen LogP contribution < -0.4 is 10.6 Å². The number of rotatable bonds is 7. The molecule has 3 amide bonds. The third-order valence-corrected chi connectivity index (χ3v) is 5.33. The number of carbonyl (C=O) groups excluding carboxylic acids is 2. The molecule has 150 valence electrons. The molecule has 2 N–H and O–H groups in total. The predicted octanol–water partition coefficient (Wildman–Crippen LogP) is 3.26. The van der Waals surface area contributed by atoms with Gasteiger partial charge < -0.3 is 20.0 Å². The lowest BCUT2D eigenvalue weighted by atomic mass is 9.90. The standard InChI is InChI=1S/C22H29N3O3/c1-17-4-6-18(7-5-17)8-9-19-10-12-25(13-11-19)21(26)16-24-22(27)23-15-20-3-2-14-28-20/h2-7,14,19H,8-13,15-16H2,1H3,(H2,23,24,27). The lowest BCUT2D eigenvalue weighted by Crippen LogP contribution is -2.46. The van der Waals surface area contributed by atoms with Gasteiger partial charge in [-0.05, 0) is 56.2 Å². The van der Waals surface area contributed by atoms with Gasteiger partial charge in [-0.3, -0.25) is 4.79 Å². The molecule has 1 aromatic carbocycles. The van der Waals surface area contributed by atoms with Gasteiger partial charge in [0.25, 0.3) is 0 Å². The molecule has 0 radical (unpaired) electrons. The molecule has 28 heavy (non-hydrogen) atoms. The summed E-state index contributed by atoms with van der Waals surface area (Å²) in [6.45, 7) is 3.98. The van der Waals surface area contributed by atoms with Crippen molar-refractivity contribution in [2.75, 3.05) is 19.6 Å². The summed E-state index contributed by atoms with van der Waals surface area (Å²) in [6.07, 6.45) is 5.88. The Morgan fingerprint density at radius 3 is 2.54 bits per heavy atom. The number of amides is 3. The van der Waals surface area contributed by atoms with Crippen LogP contribution in [0.3, 0.4) is 0 Å². The van der Waals surface area contributed by atoms with E-state index < -0.39 is 0 Å². The van der Waals surface area contributed by atoms with Crippen molar-refractivity contribution in [2.24, 2.45) is 5.92 Å². The monoisotopic (exact) mass is 383 g/mol. The summed E-state index contributed by atoms with van der Waals surface area (Å²) in [6, 6.07) is 11.9. The molecule has 0 aliphatic carbocycles. The molecule has 1 fully saturated rings. The van der Waals surface area contributed by atoms with Crippen molar-refractivity contribution in [3.8, 4) is 0 Å². The average Bonchev–Trinajstić information content (AvgIpc) is 3.24. The molecule has 6 heteroatoms. The molecule has 1 saturated heterocycles. The fourth-order valence-corrected chi connectivity index (χ4v) is 3.51. The van der Waals surface area contributed by atoms with Crippen LogP contribution in [-0.2, 0) is 17.8 Å². The predicted molar refractivity (Wildman–Crippen MR) is 108 cm³/mol. The lowest BCUT2D eigenvalue weighted by Gasteiger charge is -2.32. The highest BCUT2D eigenvalue weighted by atomic mass is 16.3. The highest BCUT2D eigenvalue weighted by Crippen LogP contribution is 2.22. The molecule has 6 nitrogen and oxygen atoms in total. The second kappa shape index (κ2) is 9.97. The molecular weight excluding hydrogens is 354 g/mol. The van der Waals surface area contributed by atoms with Gasteiger partial charge in [0.1, 0.15) is 5.76 Å². The number of nitrogens with one attached hydrogen (secondary N) is 2. The smallest absolute Gasteiger partial charge is 0.315 e. The second-order valence-electron chi connectivity index (χ2n) is 7.46. The quantitative estimate of drug-likeness (QED) is 0.771. The van der Waals surface area contributed by atoms with Crippen molar-refractivity contribution in [1.82, 2.24) is 15.5 Å². The number of likely N-dealkylation sites (tertiary alicyclic amines) is 1. The van der Waals surface area contributed by atoms with Gasteiger partial charge in [-0.1, -0.05) is 29.8 Å². The number of piperidine rings is 1. The number of furan rings is 1. The first-order chi connectivity index (χ1) is 13.6. The second-order valence-corrected chi connectivity index (χ2v) is 7.46. The number of carbonyl (C=O) groups is 2. The molecule has 3 rings (SSSR count). The molecule has 1 aromatic heterocycles. The molecular formula is C22H29N3O3. The first-order valence-electron chi connectivity index (χ1n) is 9.97. The first-order valence-corrected chi connectivity index (χ1v) is 9.97. The molecule has 0 atom stereocenters. The van der Waals surface area contributed by atoms with E-state index in [1.165, 1.54) is 17.5 Å². The van der Waals surface area contributed by atoms with Gasteiger partial charge in [0.15, 0.2) is 0 Å². The highest BCUT2D eigenvalue weighted by Gasteiger charge is 2.22. The van der Waals surface area contributed by atoms with Gasteiger partial charge in [0.05, 0.1) is 19.4 Å². The van der Waals surface area contributed by atoms with Crippen LogP contribution in [0.2, 0.25) is 0 Å². The Kier molecular flexibility index (Phi) is 7.12. The van der Waals surface area contributed by atoms with Crippen LogP contribution in [0.25, 0.3) is 0 Å². The van der Waals surface area contributed by atoms with E-state index in [-0.39, 0.29) is 18.5 Å². The van der Waals surface area contributed by atoms with Crippen molar-refractivity contribution in [3.63, 3.8) is 0 Å². The van der Waals surface area contributed by atoms with Crippen LogP contribution >= 0.6 is 0 Å². The lowest BCUT2D eigenvalue weighted by molar-refractivity contribution is -0.131. The third-order valence-electron chi connectivity index (χ3n) is 5.33. The van der Waals surface area contributed by atoms with Crippen LogP contribution in [0.15, 0.2) is 47.1 Å². The Bertz CT molecular complexity index is 748. The number of benzene rings is 1. The third kappa shape index (κ3) is 6.15. The molecule has 1 aliphatic rings. The van der Waals surface area contributed by atoms with E-state index >= 15 is 0 Å². The summed E-state index contributed by atoms with van der Waals surface area (Å²) in [5, 5.41) is 5.29. The SMILES string of the molecule is Cc1ccc(CCC2CCN(C(=O)CNC(=O)NCc3ccco3)CC2)cc1. The molecule has 0 saturated carbocycles. The molecule has 0 unspecified atom stereocenters. The summed E-state index contributed by atoms with van der Waals surface area (Å²) >= 11 is 0. The van der Waals surface area contributed by atoms with E-state index in [4.69, 9.17) is 4.42 Å². The summed E-state index contributed by atoms with van der Waals surface area (Å²) in [7, 11) is 0. The van der Waals surface area contributed by atoms with Gasteiger partial charge in [-0.2, -0.15) is 0 Å². The number of hydrogen-bond donors (Lipinski definition) is 2. The van der Waals surface area contributed by atoms with Crippen LogP contribution in [0.4, 0.5) is 4.79 Å². The van der Waals surface area contributed by atoms with Crippen molar-refractivity contribution in [3.05, 3.63) is 59.5 Å². The summed E-state index contributed by atoms with van der Waals surface area (Å²) in [5.74, 6) is 1.31. The summed E-state index contributed by atoms with van der Waals surface area (Å²) in [4.78, 5) is 26.0. The van der Waals surface area contributed by atoms with E-state index in [1.807, 2.05) is 4.90 Å². The summed E-state index contributed by atoms with van der Waals surface area (Å²) in [5.41, 5.74) is 2.67. The Morgan fingerprint density at radius 2 is 1.86 bits per heavy atom. The number of aryl methyl sites for hydroxylation is 2. The van der Waals surface area contributed by atoms with Crippen molar-refractivity contribution in [1.29, 1.82) is 0 Å². The van der Waals surface area contributed by atoms with E-state index in [0.29, 0.717) is 18.2 Å². The van der Waals surface area contributed by atoms with E-state index in [2.05, 4.69) is 41.8 Å². The zero-order valence-corrected chi connectivity index (χ0v) is 16.4. The van der Waals surface area contributed by atoms with Crippen LogP contribution in [0.5, 0.6) is 0 Å². The first kappa shape index (κ1) is 20.0. The van der Waals surface area contributed by atoms with E-state index in [9.17, 15) is 9.59 Å². The van der Waals surface area contributed by atoms with Gasteiger partial charge >= 0.3 is 6.03 Å². The largest absolute Gasteiger partial charge is 0.467 e. The number of urea groups is 1. The molecule has 2 heterocycles. The topological polar surface area (TPSA) is 74.6 Å². The number of hydrogen-bond acceptors (Lipinski definition) is 3.